The zero-order valence-electron chi connectivity index (χ0n) is 14.5. The number of sulfone groups is 1. The van der Waals surface area contributed by atoms with E-state index < -0.39 is 40.7 Å². The molecule has 1 saturated heterocycles. The lowest BCUT2D eigenvalue weighted by Gasteiger charge is -2.21. The Morgan fingerprint density at radius 2 is 1.96 bits per heavy atom. The molecule has 0 bridgehead atoms. The summed E-state index contributed by atoms with van der Waals surface area (Å²) >= 11 is 0. The van der Waals surface area contributed by atoms with E-state index in [9.17, 15) is 22.0 Å². The van der Waals surface area contributed by atoms with Crippen LogP contribution in [0.2, 0.25) is 0 Å². The first kappa shape index (κ1) is 19.2. The molecule has 1 aromatic carbocycles. The third kappa shape index (κ3) is 4.79. The van der Waals surface area contributed by atoms with Crippen LogP contribution in [0.15, 0.2) is 24.3 Å². The van der Waals surface area contributed by atoms with Crippen LogP contribution in [0.4, 0.5) is 14.5 Å². The third-order valence-electron chi connectivity index (χ3n) is 5.05. The maximum absolute atomic E-state index is 13.2. The number of benzene rings is 1. The van der Waals surface area contributed by atoms with Crippen molar-refractivity contribution in [2.45, 2.75) is 61.5 Å². The first-order valence-corrected chi connectivity index (χ1v) is 10.7. The van der Waals surface area contributed by atoms with Gasteiger partial charge in [-0.25, -0.2) is 17.2 Å². The molecule has 1 unspecified atom stereocenters. The van der Waals surface area contributed by atoms with Crippen molar-refractivity contribution >= 4 is 21.4 Å². The van der Waals surface area contributed by atoms with Gasteiger partial charge in [0.15, 0.2) is 9.84 Å². The van der Waals surface area contributed by atoms with Crippen LogP contribution in [-0.2, 0) is 20.4 Å². The fourth-order valence-electron chi connectivity index (χ4n) is 3.64. The molecule has 5 nitrogen and oxygen atoms in total. The lowest BCUT2D eigenvalue weighted by atomic mass is 10.0. The van der Waals surface area contributed by atoms with E-state index in [-0.39, 0.29) is 11.0 Å². The Hall–Kier alpha value is -1.54. The van der Waals surface area contributed by atoms with E-state index in [2.05, 4.69) is 10.6 Å². The number of carbonyl (C=O) groups is 1. The van der Waals surface area contributed by atoms with E-state index in [0.717, 1.165) is 19.3 Å². The number of hydrogen-bond acceptors (Lipinski definition) is 4. The van der Waals surface area contributed by atoms with E-state index in [0.29, 0.717) is 24.1 Å². The lowest BCUT2D eigenvalue weighted by molar-refractivity contribution is -0.118. The van der Waals surface area contributed by atoms with Crippen molar-refractivity contribution in [3.05, 3.63) is 29.8 Å². The Bertz CT molecular complexity index is 761. The molecule has 1 heterocycles. The average molecular weight is 386 g/mol. The topological polar surface area (TPSA) is 75.3 Å². The third-order valence-corrected chi connectivity index (χ3v) is 7.27. The summed E-state index contributed by atoms with van der Waals surface area (Å²) in [5.41, 5.74) is 1.02. The number of alkyl halides is 2. The van der Waals surface area contributed by atoms with Crippen LogP contribution >= 0.6 is 0 Å². The molecule has 1 atom stereocenters. The highest BCUT2D eigenvalue weighted by molar-refractivity contribution is 7.91. The van der Waals surface area contributed by atoms with Crippen LogP contribution in [0.25, 0.3) is 0 Å². The van der Waals surface area contributed by atoms with Crippen molar-refractivity contribution in [3.8, 4) is 0 Å². The van der Waals surface area contributed by atoms with Crippen LogP contribution in [-0.4, -0.2) is 38.1 Å². The largest absolute Gasteiger partial charge is 0.325 e. The molecule has 1 aliphatic carbocycles. The van der Waals surface area contributed by atoms with E-state index in [1.54, 1.807) is 24.3 Å². The van der Waals surface area contributed by atoms with E-state index >= 15 is 0 Å². The normalized spacial score (nSPS) is 23.7. The smallest absolute Gasteiger partial charge is 0.262 e. The molecule has 1 aliphatic heterocycles. The van der Waals surface area contributed by atoms with Gasteiger partial charge in [-0.3, -0.25) is 10.1 Å². The van der Waals surface area contributed by atoms with Gasteiger partial charge in [0.1, 0.15) is 0 Å². The molecule has 2 N–H and O–H groups in total. The number of nitrogens with one attached hydrogen (secondary N) is 2. The minimum absolute atomic E-state index is 0.0683. The van der Waals surface area contributed by atoms with Crippen LogP contribution < -0.4 is 10.6 Å². The van der Waals surface area contributed by atoms with E-state index in [4.69, 9.17) is 0 Å². The lowest BCUT2D eigenvalue weighted by Crippen LogP contribution is -2.35. The summed E-state index contributed by atoms with van der Waals surface area (Å²) in [6.45, 7) is -0.509. The molecule has 0 spiro atoms. The minimum Gasteiger partial charge on any atom is -0.325 e. The molecule has 0 aromatic heterocycles. The maximum Gasteiger partial charge on any atom is 0.262 e. The standard InChI is InChI=1S/C18H24F2N2O3S/c19-18(20)10-16(21-12-18)17(23)22-14-6-4-5-13(9-14)11-26(24,25)15-7-2-1-3-8-15/h4-6,9,15-16,21H,1-3,7-8,10-12H2,(H,22,23). The summed E-state index contributed by atoms with van der Waals surface area (Å²) in [6, 6.07) is 5.66. The molecule has 1 amide bonds. The molecule has 2 fully saturated rings. The Morgan fingerprint density at radius 3 is 2.62 bits per heavy atom. The molecule has 1 aromatic rings. The van der Waals surface area contributed by atoms with Gasteiger partial charge in [0, 0.05) is 12.1 Å². The predicted octanol–water partition coefficient (Wildman–Crippen LogP) is 2.87. The van der Waals surface area contributed by atoms with Crippen LogP contribution in [0.5, 0.6) is 0 Å². The number of rotatable bonds is 5. The molecular formula is C18H24F2N2O3S. The van der Waals surface area contributed by atoms with Crippen LogP contribution in [0.3, 0.4) is 0 Å². The summed E-state index contributed by atoms with van der Waals surface area (Å²) in [4.78, 5) is 12.1. The summed E-state index contributed by atoms with van der Waals surface area (Å²) in [7, 11) is -3.24. The Labute approximate surface area is 152 Å². The summed E-state index contributed by atoms with van der Waals surface area (Å²) in [5.74, 6) is -3.48. The number of anilines is 1. The van der Waals surface area contributed by atoms with Gasteiger partial charge in [-0.05, 0) is 30.5 Å². The van der Waals surface area contributed by atoms with E-state index in [1.807, 2.05) is 0 Å². The number of amides is 1. The molecule has 26 heavy (non-hydrogen) atoms. The quantitative estimate of drug-likeness (QED) is 0.816. The Morgan fingerprint density at radius 1 is 1.23 bits per heavy atom. The Kier molecular flexibility index (Phi) is 5.62. The van der Waals surface area contributed by atoms with Gasteiger partial charge >= 0.3 is 0 Å². The van der Waals surface area contributed by atoms with Gasteiger partial charge in [-0.15, -0.1) is 0 Å². The zero-order valence-corrected chi connectivity index (χ0v) is 15.3. The van der Waals surface area contributed by atoms with Gasteiger partial charge in [0.05, 0.1) is 23.6 Å². The summed E-state index contributed by atoms with van der Waals surface area (Å²) < 4.78 is 51.6. The summed E-state index contributed by atoms with van der Waals surface area (Å²) in [5, 5.41) is 4.81. The second-order valence-electron chi connectivity index (χ2n) is 7.25. The van der Waals surface area contributed by atoms with Crippen molar-refractivity contribution < 1.29 is 22.0 Å². The molecule has 0 radical (unpaired) electrons. The Balaban J connectivity index is 1.64. The van der Waals surface area contributed by atoms with Crippen molar-refractivity contribution in [1.29, 1.82) is 0 Å². The van der Waals surface area contributed by atoms with E-state index in [1.165, 1.54) is 0 Å². The van der Waals surface area contributed by atoms with Crippen molar-refractivity contribution in [2.24, 2.45) is 0 Å². The monoisotopic (exact) mass is 386 g/mol. The molecular weight excluding hydrogens is 362 g/mol. The van der Waals surface area contributed by atoms with Gasteiger partial charge in [0.25, 0.3) is 5.92 Å². The van der Waals surface area contributed by atoms with Crippen molar-refractivity contribution in [1.82, 2.24) is 5.32 Å². The highest BCUT2D eigenvalue weighted by Crippen LogP contribution is 2.28. The first-order chi connectivity index (χ1) is 12.3. The number of halogens is 2. The summed E-state index contributed by atoms with van der Waals surface area (Å²) in [6.07, 6.45) is 3.86. The zero-order chi connectivity index (χ0) is 18.8. The SMILES string of the molecule is O=C(Nc1cccc(CS(=O)(=O)C2CCCCC2)c1)C1CC(F)(F)CN1. The van der Waals surface area contributed by atoms with Crippen LogP contribution in [0.1, 0.15) is 44.1 Å². The minimum atomic E-state index is -3.24. The van der Waals surface area contributed by atoms with Gasteiger partial charge in [-0.1, -0.05) is 31.4 Å². The van der Waals surface area contributed by atoms with Gasteiger partial charge < -0.3 is 5.32 Å². The molecule has 2 aliphatic rings. The molecule has 1 saturated carbocycles. The van der Waals surface area contributed by atoms with Crippen molar-refractivity contribution in [2.75, 3.05) is 11.9 Å². The van der Waals surface area contributed by atoms with Gasteiger partial charge in [-0.2, -0.15) is 0 Å². The fraction of sp³-hybridized carbons (Fsp3) is 0.611. The van der Waals surface area contributed by atoms with Crippen LogP contribution in [0, 0.1) is 0 Å². The number of carbonyl (C=O) groups excluding carboxylic acids is 1. The first-order valence-electron chi connectivity index (χ1n) is 8.98. The predicted molar refractivity (Wildman–Crippen MR) is 95.9 cm³/mol. The second-order valence-corrected chi connectivity index (χ2v) is 9.53. The highest BCUT2D eigenvalue weighted by atomic mass is 32.2. The van der Waals surface area contributed by atoms with Crippen molar-refractivity contribution in [3.63, 3.8) is 0 Å². The molecule has 8 heteroatoms. The maximum atomic E-state index is 13.2. The molecule has 3 rings (SSSR count). The highest BCUT2D eigenvalue weighted by Gasteiger charge is 2.42. The van der Waals surface area contributed by atoms with Gasteiger partial charge in [0.2, 0.25) is 5.91 Å². The molecule has 144 valence electrons. The average Bonchev–Trinajstić information content (AvgIpc) is 2.96. The second kappa shape index (κ2) is 7.60. The fourth-order valence-corrected chi connectivity index (χ4v) is 5.57. The number of hydrogen-bond donors (Lipinski definition) is 2.